The second kappa shape index (κ2) is 5.72. The maximum Gasteiger partial charge on any atom is 0.178 e. The van der Waals surface area contributed by atoms with Gasteiger partial charge in [-0.15, -0.1) is 0 Å². The molecular formula is C17H18FNO2S. The van der Waals surface area contributed by atoms with Gasteiger partial charge in [-0.1, -0.05) is 19.1 Å². The van der Waals surface area contributed by atoms with Crippen molar-refractivity contribution >= 4 is 15.5 Å². The van der Waals surface area contributed by atoms with E-state index in [-0.39, 0.29) is 11.6 Å². The van der Waals surface area contributed by atoms with Gasteiger partial charge in [0, 0.05) is 17.6 Å². The number of hydrogen-bond acceptors (Lipinski definition) is 3. The number of nitrogens with one attached hydrogen (secondary N) is 1. The van der Waals surface area contributed by atoms with Crippen LogP contribution in [0.1, 0.15) is 24.8 Å². The molecule has 1 saturated carbocycles. The third kappa shape index (κ3) is 3.14. The number of rotatable bonds is 5. The second-order valence-corrected chi connectivity index (χ2v) is 7.85. The van der Waals surface area contributed by atoms with Gasteiger partial charge in [0.2, 0.25) is 0 Å². The van der Waals surface area contributed by atoms with Crippen LogP contribution in [0, 0.1) is 5.82 Å². The van der Waals surface area contributed by atoms with Gasteiger partial charge in [0.15, 0.2) is 9.84 Å². The highest BCUT2D eigenvalue weighted by Gasteiger charge is 2.38. The first kappa shape index (κ1) is 15.0. The summed E-state index contributed by atoms with van der Waals surface area (Å²) in [5.74, 6) is 0.274. The van der Waals surface area contributed by atoms with Crippen molar-refractivity contribution in [3.63, 3.8) is 0 Å². The second-order valence-electron chi connectivity index (χ2n) is 5.57. The molecule has 0 aromatic heterocycles. The molecule has 22 heavy (non-hydrogen) atoms. The van der Waals surface area contributed by atoms with E-state index in [1.165, 1.54) is 12.1 Å². The third-order valence-electron chi connectivity index (χ3n) is 4.03. The van der Waals surface area contributed by atoms with E-state index in [9.17, 15) is 12.8 Å². The molecular weight excluding hydrogens is 301 g/mol. The van der Waals surface area contributed by atoms with Gasteiger partial charge in [-0.05, 0) is 48.4 Å². The van der Waals surface area contributed by atoms with Crippen LogP contribution >= 0.6 is 0 Å². The molecule has 0 bridgehead atoms. The van der Waals surface area contributed by atoms with Crippen LogP contribution in [0.2, 0.25) is 0 Å². The number of sulfone groups is 1. The first-order valence-electron chi connectivity index (χ1n) is 7.34. The first-order chi connectivity index (χ1) is 10.5. The van der Waals surface area contributed by atoms with Crippen molar-refractivity contribution in [1.82, 2.24) is 0 Å². The molecule has 116 valence electrons. The summed E-state index contributed by atoms with van der Waals surface area (Å²) in [4.78, 5) is 0.353. The van der Waals surface area contributed by atoms with E-state index >= 15 is 0 Å². The van der Waals surface area contributed by atoms with Crippen LogP contribution in [0.25, 0.3) is 0 Å². The van der Waals surface area contributed by atoms with Crippen molar-refractivity contribution in [2.45, 2.75) is 30.2 Å². The van der Waals surface area contributed by atoms with Gasteiger partial charge < -0.3 is 5.32 Å². The molecule has 2 aromatic carbocycles. The lowest BCUT2D eigenvalue weighted by molar-refractivity contribution is 0.597. The van der Waals surface area contributed by atoms with E-state index in [4.69, 9.17) is 0 Å². The smallest absolute Gasteiger partial charge is 0.178 e. The summed E-state index contributed by atoms with van der Waals surface area (Å²) in [7, 11) is -3.15. The van der Waals surface area contributed by atoms with E-state index in [1.807, 2.05) is 12.1 Å². The van der Waals surface area contributed by atoms with Gasteiger partial charge in [0.05, 0.1) is 10.6 Å². The van der Waals surface area contributed by atoms with E-state index < -0.39 is 9.84 Å². The summed E-state index contributed by atoms with van der Waals surface area (Å²) in [6.07, 6.45) is 1.00. The lowest BCUT2D eigenvalue weighted by Gasteiger charge is -2.07. The maximum absolute atomic E-state index is 12.9. The van der Waals surface area contributed by atoms with E-state index in [2.05, 4.69) is 5.32 Å². The molecule has 3 rings (SSSR count). The zero-order valence-corrected chi connectivity index (χ0v) is 13.1. The quantitative estimate of drug-likeness (QED) is 0.916. The van der Waals surface area contributed by atoms with Gasteiger partial charge in [-0.25, -0.2) is 12.8 Å². The van der Waals surface area contributed by atoms with Crippen LogP contribution in [0.4, 0.5) is 10.1 Å². The Morgan fingerprint density at radius 3 is 2.32 bits per heavy atom. The minimum absolute atomic E-state index is 0.106. The molecule has 1 aliphatic carbocycles. The van der Waals surface area contributed by atoms with Crippen molar-refractivity contribution in [3.05, 3.63) is 59.9 Å². The molecule has 0 radical (unpaired) electrons. The van der Waals surface area contributed by atoms with Crippen LogP contribution < -0.4 is 5.32 Å². The van der Waals surface area contributed by atoms with Gasteiger partial charge in [-0.2, -0.15) is 0 Å². The zero-order valence-electron chi connectivity index (χ0n) is 12.3. The topological polar surface area (TPSA) is 46.2 Å². The molecule has 0 amide bonds. The fourth-order valence-corrected chi connectivity index (χ4v) is 3.46. The lowest BCUT2D eigenvalue weighted by atomic mass is 10.1. The molecule has 0 saturated heterocycles. The monoisotopic (exact) mass is 319 g/mol. The Kier molecular flexibility index (Phi) is 3.91. The molecule has 2 atom stereocenters. The van der Waals surface area contributed by atoms with Crippen LogP contribution in [-0.2, 0) is 9.84 Å². The molecule has 0 aliphatic heterocycles. The molecule has 1 N–H and O–H groups in total. The van der Waals surface area contributed by atoms with Gasteiger partial charge in [-0.3, -0.25) is 0 Å². The Balaban J connectivity index is 1.64. The van der Waals surface area contributed by atoms with Crippen molar-refractivity contribution < 1.29 is 12.8 Å². The lowest BCUT2D eigenvalue weighted by Crippen LogP contribution is -2.06. The minimum atomic E-state index is -3.15. The van der Waals surface area contributed by atoms with Crippen LogP contribution in [0.3, 0.4) is 0 Å². The number of anilines is 1. The number of benzene rings is 2. The highest BCUT2D eigenvalue weighted by molar-refractivity contribution is 7.91. The molecule has 2 aromatic rings. The van der Waals surface area contributed by atoms with Crippen LogP contribution in [0.15, 0.2) is 53.4 Å². The Bertz CT molecular complexity index is 754. The summed E-state index contributed by atoms with van der Waals surface area (Å²) in [5, 5.41) is 3.39. The Morgan fingerprint density at radius 2 is 1.73 bits per heavy atom. The molecule has 0 spiro atoms. The molecule has 1 aliphatic rings. The normalized spacial score (nSPS) is 20.6. The molecule has 1 fully saturated rings. The van der Waals surface area contributed by atoms with Crippen molar-refractivity contribution in [2.24, 2.45) is 0 Å². The highest BCUT2D eigenvalue weighted by atomic mass is 32.2. The summed E-state index contributed by atoms with van der Waals surface area (Å²) in [6.45, 7) is 1.64. The molecule has 0 heterocycles. The molecule has 0 unspecified atom stereocenters. The SMILES string of the molecule is CCS(=O)(=O)c1ccc(N[C@@H]2C[C@H]2c2ccc(F)cc2)cc1. The first-order valence-corrected chi connectivity index (χ1v) is 8.99. The minimum Gasteiger partial charge on any atom is -0.382 e. The van der Waals surface area contributed by atoms with E-state index in [1.54, 1.807) is 31.2 Å². The van der Waals surface area contributed by atoms with Crippen molar-refractivity contribution in [2.75, 3.05) is 11.1 Å². The average Bonchev–Trinajstić information content (AvgIpc) is 3.28. The van der Waals surface area contributed by atoms with Gasteiger partial charge >= 0.3 is 0 Å². The van der Waals surface area contributed by atoms with Gasteiger partial charge in [0.25, 0.3) is 0 Å². The Labute approximate surface area is 130 Å². The van der Waals surface area contributed by atoms with Gasteiger partial charge in [0.1, 0.15) is 5.82 Å². The zero-order chi connectivity index (χ0) is 15.7. The number of hydrogen-bond donors (Lipinski definition) is 1. The Hall–Kier alpha value is -1.88. The summed E-state index contributed by atoms with van der Waals surface area (Å²) in [6, 6.07) is 13.8. The summed E-state index contributed by atoms with van der Waals surface area (Å²) in [5.41, 5.74) is 2.04. The fraction of sp³-hybridized carbons (Fsp3) is 0.294. The van der Waals surface area contributed by atoms with E-state index in [0.29, 0.717) is 16.9 Å². The average molecular weight is 319 g/mol. The molecule has 3 nitrogen and oxygen atoms in total. The van der Waals surface area contributed by atoms with Crippen LogP contribution in [0.5, 0.6) is 0 Å². The van der Waals surface area contributed by atoms with Crippen LogP contribution in [-0.4, -0.2) is 20.2 Å². The van der Waals surface area contributed by atoms with Crippen molar-refractivity contribution in [1.29, 1.82) is 0 Å². The Morgan fingerprint density at radius 1 is 1.09 bits per heavy atom. The van der Waals surface area contributed by atoms with E-state index in [0.717, 1.165) is 17.7 Å². The number of halogens is 1. The summed E-state index contributed by atoms with van der Waals surface area (Å²) >= 11 is 0. The maximum atomic E-state index is 12.9. The predicted octanol–water partition coefficient (Wildman–Crippen LogP) is 3.59. The summed E-state index contributed by atoms with van der Waals surface area (Å²) < 4.78 is 36.4. The third-order valence-corrected chi connectivity index (χ3v) is 5.78. The predicted molar refractivity (Wildman–Crippen MR) is 85.3 cm³/mol. The highest BCUT2D eigenvalue weighted by Crippen LogP contribution is 2.42. The molecule has 5 heteroatoms. The largest absolute Gasteiger partial charge is 0.382 e. The van der Waals surface area contributed by atoms with Crippen molar-refractivity contribution in [3.8, 4) is 0 Å². The standard InChI is InChI=1S/C17H18FNO2S/c1-2-22(20,21)15-9-7-14(8-10-15)19-17-11-16(17)12-3-5-13(18)6-4-12/h3-10,16-17,19H,2,11H2,1H3/t16-,17+/m0/s1. The fourth-order valence-electron chi connectivity index (χ4n) is 2.57.